The molecule has 0 radical (unpaired) electrons. The lowest BCUT2D eigenvalue weighted by Crippen LogP contribution is -2.01. The van der Waals surface area contributed by atoms with E-state index in [-0.39, 0.29) is 0 Å². The molecule has 0 atom stereocenters. The van der Waals surface area contributed by atoms with Crippen LogP contribution in [0.2, 0.25) is 0 Å². The molecule has 0 aromatic carbocycles. The minimum Gasteiger partial charge on any atom is -0.237 e. The van der Waals surface area contributed by atoms with Gasteiger partial charge in [0, 0.05) is 29.1 Å². The molecule has 1 aromatic rings. The van der Waals surface area contributed by atoms with Gasteiger partial charge in [-0.1, -0.05) is 0 Å². The highest BCUT2D eigenvalue weighted by Gasteiger charge is 2.33. The van der Waals surface area contributed by atoms with Crippen LogP contribution < -0.4 is 0 Å². The monoisotopic (exact) mass is 200 g/mol. The minimum atomic E-state index is 0.709. The number of hydrogen-bond donors (Lipinski definition) is 0. The highest BCUT2D eigenvalue weighted by molar-refractivity contribution is 5.25. The van der Waals surface area contributed by atoms with E-state index in [0.717, 1.165) is 11.8 Å². The zero-order valence-electron chi connectivity index (χ0n) is 8.95. The fraction of sp³-hybridized carbons (Fsp3) is 0.692. The molecule has 0 aliphatic heterocycles. The quantitative estimate of drug-likeness (QED) is 0.749. The number of aromatic nitrogens is 2. The van der Waals surface area contributed by atoms with E-state index >= 15 is 0 Å². The van der Waals surface area contributed by atoms with E-state index in [4.69, 9.17) is 9.97 Å². The van der Waals surface area contributed by atoms with E-state index in [0.29, 0.717) is 5.92 Å². The Morgan fingerprint density at radius 3 is 1.60 bits per heavy atom. The van der Waals surface area contributed by atoms with Gasteiger partial charge in [-0.3, -0.25) is 0 Å². The summed E-state index contributed by atoms with van der Waals surface area (Å²) in [4.78, 5) is 9.51. The van der Waals surface area contributed by atoms with Gasteiger partial charge < -0.3 is 0 Å². The predicted molar refractivity (Wildman–Crippen MR) is 58.0 cm³/mol. The summed E-state index contributed by atoms with van der Waals surface area (Å²) < 4.78 is 0. The van der Waals surface area contributed by atoms with Crippen molar-refractivity contribution in [3.8, 4) is 0 Å². The van der Waals surface area contributed by atoms with Crippen molar-refractivity contribution in [2.45, 2.75) is 56.3 Å². The molecule has 0 unspecified atom stereocenters. The van der Waals surface area contributed by atoms with Crippen LogP contribution in [0.25, 0.3) is 0 Å². The first-order valence-corrected chi connectivity index (χ1v) is 6.29. The summed E-state index contributed by atoms with van der Waals surface area (Å²) in [6, 6.07) is 2.29. The molecule has 1 heterocycles. The standard InChI is InChI=1S/C13H16N2/c1-2-8(1)11-7-12(9-3-4-9)15-13(14-11)10-5-6-10/h7-10H,1-6H2. The van der Waals surface area contributed by atoms with E-state index in [1.165, 1.54) is 55.7 Å². The molecule has 15 heavy (non-hydrogen) atoms. The zero-order chi connectivity index (χ0) is 9.83. The summed E-state index contributed by atoms with van der Waals surface area (Å²) in [5, 5.41) is 0. The highest BCUT2D eigenvalue weighted by Crippen LogP contribution is 2.45. The second kappa shape index (κ2) is 2.81. The molecule has 4 rings (SSSR count). The number of nitrogens with zero attached hydrogens (tertiary/aromatic N) is 2. The van der Waals surface area contributed by atoms with Crippen molar-refractivity contribution in [2.75, 3.05) is 0 Å². The largest absolute Gasteiger partial charge is 0.237 e. The fourth-order valence-electron chi connectivity index (χ4n) is 2.21. The Balaban J connectivity index is 1.76. The molecular weight excluding hydrogens is 184 g/mol. The molecule has 0 spiro atoms. The van der Waals surface area contributed by atoms with Crippen LogP contribution in [-0.2, 0) is 0 Å². The van der Waals surface area contributed by atoms with Crippen LogP contribution in [0.1, 0.15) is 73.5 Å². The number of hydrogen-bond acceptors (Lipinski definition) is 2. The van der Waals surface area contributed by atoms with Gasteiger partial charge >= 0.3 is 0 Å². The van der Waals surface area contributed by atoms with Crippen molar-refractivity contribution in [1.29, 1.82) is 0 Å². The average Bonchev–Trinajstić information content (AvgIpc) is 3.20. The number of rotatable bonds is 3. The Morgan fingerprint density at radius 2 is 1.20 bits per heavy atom. The summed E-state index contributed by atoms with van der Waals surface area (Å²) in [5.41, 5.74) is 2.71. The first kappa shape index (κ1) is 8.26. The Labute approximate surface area is 90.1 Å². The molecule has 3 aliphatic rings. The van der Waals surface area contributed by atoms with Gasteiger partial charge in [-0.05, 0) is 44.6 Å². The molecule has 2 heteroatoms. The van der Waals surface area contributed by atoms with E-state index in [1.54, 1.807) is 0 Å². The van der Waals surface area contributed by atoms with Crippen molar-refractivity contribution in [2.24, 2.45) is 0 Å². The molecule has 3 saturated carbocycles. The highest BCUT2D eigenvalue weighted by atomic mass is 14.9. The summed E-state index contributed by atoms with van der Waals surface area (Å²) in [6.07, 6.45) is 8.04. The average molecular weight is 200 g/mol. The van der Waals surface area contributed by atoms with Crippen LogP contribution in [0, 0.1) is 0 Å². The molecule has 2 nitrogen and oxygen atoms in total. The molecule has 1 aromatic heterocycles. The lowest BCUT2D eigenvalue weighted by molar-refractivity contribution is 0.832. The van der Waals surface area contributed by atoms with Crippen LogP contribution in [0.5, 0.6) is 0 Å². The van der Waals surface area contributed by atoms with Gasteiger partial charge in [0.2, 0.25) is 0 Å². The summed E-state index contributed by atoms with van der Waals surface area (Å²) >= 11 is 0. The Hall–Kier alpha value is -0.920. The van der Waals surface area contributed by atoms with E-state index in [1.807, 2.05) is 0 Å². The normalized spacial score (nSPS) is 25.6. The lowest BCUT2D eigenvalue weighted by Gasteiger charge is -2.05. The van der Waals surface area contributed by atoms with E-state index in [2.05, 4.69) is 6.07 Å². The van der Waals surface area contributed by atoms with Crippen LogP contribution in [0.4, 0.5) is 0 Å². The smallest absolute Gasteiger partial charge is 0.131 e. The van der Waals surface area contributed by atoms with Gasteiger partial charge in [-0.2, -0.15) is 0 Å². The van der Waals surface area contributed by atoms with Crippen molar-refractivity contribution in [3.63, 3.8) is 0 Å². The van der Waals surface area contributed by atoms with Gasteiger partial charge in [0.25, 0.3) is 0 Å². The predicted octanol–water partition coefficient (Wildman–Crippen LogP) is 3.11. The summed E-state index contributed by atoms with van der Waals surface area (Å²) in [6.45, 7) is 0. The van der Waals surface area contributed by atoms with Crippen LogP contribution >= 0.6 is 0 Å². The molecule has 0 N–H and O–H groups in total. The SMILES string of the molecule is c1c(C2CC2)nc(C2CC2)nc1C1CC1. The summed E-state index contributed by atoms with van der Waals surface area (Å²) in [7, 11) is 0. The van der Waals surface area contributed by atoms with Gasteiger partial charge in [0.1, 0.15) is 5.82 Å². The minimum absolute atomic E-state index is 0.709. The van der Waals surface area contributed by atoms with Crippen molar-refractivity contribution < 1.29 is 0 Å². The Morgan fingerprint density at radius 1 is 0.733 bits per heavy atom. The van der Waals surface area contributed by atoms with Crippen molar-refractivity contribution in [3.05, 3.63) is 23.3 Å². The maximum Gasteiger partial charge on any atom is 0.131 e. The topological polar surface area (TPSA) is 25.8 Å². The third kappa shape index (κ3) is 1.56. The van der Waals surface area contributed by atoms with Gasteiger partial charge in [0.05, 0.1) is 0 Å². The molecule has 3 aliphatic carbocycles. The van der Waals surface area contributed by atoms with Gasteiger partial charge in [-0.15, -0.1) is 0 Å². The summed E-state index contributed by atoms with van der Waals surface area (Å²) in [5.74, 6) is 3.44. The van der Waals surface area contributed by atoms with Crippen molar-refractivity contribution >= 4 is 0 Å². The molecule has 78 valence electrons. The van der Waals surface area contributed by atoms with Gasteiger partial charge in [0.15, 0.2) is 0 Å². The maximum absolute atomic E-state index is 4.76. The molecule has 0 amide bonds. The fourth-order valence-corrected chi connectivity index (χ4v) is 2.21. The van der Waals surface area contributed by atoms with E-state index in [9.17, 15) is 0 Å². The lowest BCUT2D eigenvalue weighted by atomic mass is 10.2. The first-order valence-electron chi connectivity index (χ1n) is 6.29. The molecular formula is C13H16N2. The van der Waals surface area contributed by atoms with Crippen LogP contribution in [0.3, 0.4) is 0 Å². The van der Waals surface area contributed by atoms with Gasteiger partial charge in [-0.25, -0.2) is 9.97 Å². The third-order valence-electron chi connectivity index (χ3n) is 3.72. The van der Waals surface area contributed by atoms with E-state index < -0.39 is 0 Å². The third-order valence-corrected chi connectivity index (χ3v) is 3.72. The Kier molecular flexibility index (Phi) is 1.54. The molecule has 3 fully saturated rings. The second-order valence-corrected chi connectivity index (χ2v) is 5.40. The Bertz CT molecular complexity index is 327. The van der Waals surface area contributed by atoms with Crippen LogP contribution in [0.15, 0.2) is 6.07 Å². The first-order chi connectivity index (χ1) is 7.40. The maximum atomic E-state index is 4.76. The zero-order valence-corrected chi connectivity index (χ0v) is 8.95. The molecule has 0 bridgehead atoms. The second-order valence-electron chi connectivity index (χ2n) is 5.40. The van der Waals surface area contributed by atoms with Crippen LogP contribution in [-0.4, -0.2) is 9.97 Å². The molecule has 0 saturated heterocycles. The van der Waals surface area contributed by atoms with Crippen molar-refractivity contribution in [1.82, 2.24) is 9.97 Å².